The molecule has 5 heteroatoms. The number of nitrogens with one attached hydrogen (secondary N) is 2. The van der Waals surface area contributed by atoms with E-state index in [1.165, 1.54) is 0 Å². The van der Waals surface area contributed by atoms with E-state index in [-0.39, 0.29) is 17.4 Å². The Morgan fingerprint density at radius 3 is 2.61 bits per heavy atom. The molecule has 1 heterocycles. The quantitative estimate of drug-likeness (QED) is 0.796. The van der Waals surface area contributed by atoms with Crippen molar-refractivity contribution in [2.45, 2.75) is 40.0 Å². The molecule has 5 nitrogen and oxygen atoms in total. The highest BCUT2D eigenvalue weighted by atomic mass is 16.2. The first kappa shape index (κ1) is 14.8. The maximum atomic E-state index is 11.5. The first-order chi connectivity index (χ1) is 8.38. The molecule has 0 unspecified atom stereocenters. The molecular formula is C13H25N3O2. The number of carbonyl (C=O) groups is 2. The molecule has 18 heavy (non-hydrogen) atoms. The van der Waals surface area contributed by atoms with Gasteiger partial charge in [0.05, 0.1) is 0 Å². The molecule has 104 valence electrons. The molecule has 0 aromatic carbocycles. The monoisotopic (exact) mass is 255 g/mol. The molecule has 0 radical (unpaired) electrons. The summed E-state index contributed by atoms with van der Waals surface area (Å²) in [5, 5.41) is 5.60. The topological polar surface area (TPSA) is 61.4 Å². The highest BCUT2D eigenvalue weighted by molar-refractivity contribution is 5.77. The maximum absolute atomic E-state index is 11.5. The molecule has 0 aromatic rings. The number of carbonyl (C=O) groups excluding carboxylic acids is 2. The SMILES string of the molecule is CC(C)(C)CNC(=O)NCCN1CCCCC1=O. The maximum Gasteiger partial charge on any atom is 0.314 e. The van der Waals surface area contributed by atoms with Gasteiger partial charge in [-0.25, -0.2) is 4.79 Å². The number of hydrogen-bond acceptors (Lipinski definition) is 2. The van der Waals surface area contributed by atoms with E-state index in [0.717, 1.165) is 19.4 Å². The fourth-order valence-electron chi connectivity index (χ4n) is 1.81. The lowest BCUT2D eigenvalue weighted by molar-refractivity contribution is -0.133. The zero-order valence-electron chi connectivity index (χ0n) is 11.7. The summed E-state index contributed by atoms with van der Waals surface area (Å²) in [6.45, 7) is 8.80. The summed E-state index contributed by atoms with van der Waals surface area (Å²) in [6, 6.07) is -0.158. The predicted molar refractivity (Wildman–Crippen MR) is 71.3 cm³/mol. The standard InChI is InChI=1S/C13H25N3O2/c1-13(2,3)10-15-12(18)14-7-9-16-8-5-4-6-11(16)17/h4-10H2,1-3H3,(H2,14,15,18). The summed E-state index contributed by atoms with van der Waals surface area (Å²) >= 11 is 0. The van der Waals surface area contributed by atoms with Gasteiger partial charge in [0, 0.05) is 32.6 Å². The third-order valence-electron chi connectivity index (χ3n) is 2.87. The van der Waals surface area contributed by atoms with Crippen LogP contribution in [0.5, 0.6) is 0 Å². The molecule has 0 aromatic heterocycles. The van der Waals surface area contributed by atoms with Crippen molar-refractivity contribution in [1.82, 2.24) is 15.5 Å². The number of nitrogens with zero attached hydrogens (tertiary/aromatic N) is 1. The van der Waals surface area contributed by atoms with Crippen LogP contribution in [0, 0.1) is 5.41 Å². The lowest BCUT2D eigenvalue weighted by atomic mass is 9.97. The number of piperidine rings is 1. The number of likely N-dealkylation sites (tertiary alicyclic amines) is 1. The van der Waals surface area contributed by atoms with E-state index in [1.807, 2.05) is 4.90 Å². The molecule has 1 aliphatic rings. The van der Waals surface area contributed by atoms with E-state index in [4.69, 9.17) is 0 Å². The van der Waals surface area contributed by atoms with Crippen molar-refractivity contribution in [3.63, 3.8) is 0 Å². The Morgan fingerprint density at radius 2 is 2.00 bits per heavy atom. The zero-order valence-corrected chi connectivity index (χ0v) is 11.7. The second-order valence-corrected chi connectivity index (χ2v) is 6.01. The molecule has 0 atom stereocenters. The Kier molecular flexibility index (Phi) is 5.44. The van der Waals surface area contributed by atoms with E-state index in [2.05, 4.69) is 31.4 Å². The summed E-state index contributed by atoms with van der Waals surface area (Å²) in [4.78, 5) is 24.8. The molecule has 1 rings (SSSR count). The Labute approximate surface area is 109 Å². The summed E-state index contributed by atoms with van der Waals surface area (Å²) < 4.78 is 0. The van der Waals surface area contributed by atoms with Gasteiger partial charge in [0.25, 0.3) is 0 Å². The van der Waals surface area contributed by atoms with Crippen LogP contribution < -0.4 is 10.6 Å². The van der Waals surface area contributed by atoms with Gasteiger partial charge >= 0.3 is 6.03 Å². The van der Waals surface area contributed by atoms with Gasteiger partial charge in [-0.1, -0.05) is 20.8 Å². The fourth-order valence-corrected chi connectivity index (χ4v) is 1.81. The highest BCUT2D eigenvalue weighted by Crippen LogP contribution is 2.10. The summed E-state index contributed by atoms with van der Waals surface area (Å²) in [5.41, 5.74) is 0.0835. The Morgan fingerprint density at radius 1 is 1.28 bits per heavy atom. The lowest BCUT2D eigenvalue weighted by Crippen LogP contribution is -2.45. The van der Waals surface area contributed by atoms with Crippen LogP contribution in [0.25, 0.3) is 0 Å². The molecule has 0 bridgehead atoms. The van der Waals surface area contributed by atoms with Gasteiger partial charge in [0.15, 0.2) is 0 Å². The van der Waals surface area contributed by atoms with E-state index in [1.54, 1.807) is 0 Å². The van der Waals surface area contributed by atoms with Crippen molar-refractivity contribution < 1.29 is 9.59 Å². The van der Waals surface area contributed by atoms with Gasteiger partial charge in [0.1, 0.15) is 0 Å². The van der Waals surface area contributed by atoms with Gasteiger partial charge in [-0.05, 0) is 18.3 Å². The largest absolute Gasteiger partial charge is 0.341 e. The van der Waals surface area contributed by atoms with Crippen LogP contribution in [0.15, 0.2) is 0 Å². The molecule has 1 fully saturated rings. The first-order valence-corrected chi connectivity index (χ1v) is 6.68. The van der Waals surface area contributed by atoms with Gasteiger partial charge in [-0.15, -0.1) is 0 Å². The lowest BCUT2D eigenvalue weighted by Gasteiger charge is -2.26. The Bertz CT molecular complexity index is 297. The minimum Gasteiger partial charge on any atom is -0.341 e. The molecule has 1 saturated heterocycles. The van der Waals surface area contributed by atoms with Gasteiger partial charge in [0.2, 0.25) is 5.91 Å². The third kappa shape index (κ3) is 5.89. The van der Waals surface area contributed by atoms with Crippen molar-refractivity contribution in [2.75, 3.05) is 26.2 Å². The van der Waals surface area contributed by atoms with Crippen LogP contribution in [0.2, 0.25) is 0 Å². The Balaban J connectivity index is 2.13. The van der Waals surface area contributed by atoms with E-state index >= 15 is 0 Å². The van der Waals surface area contributed by atoms with Gasteiger partial charge in [-0.3, -0.25) is 4.79 Å². The number of urea groups is 1. The summed E-state index contributed by atoms with van der Waals surface area (Å²) in [5.74, 6) is 0.207. The minimum absolute atomic E-state index is 0.0835. The number of amides is 3. The van der Waals surface area contributed by atoms with Gasteiger partial charge in [-0.2, -0.15) is 0 Å². The highest BCUT2D eigenvalue weighted by Gasteiger charge is 2.17. The second-order valence-electron chi connectivity index (χ2n) is 6.01. The van der Waals surface area contributed by atoms with E-state index in [0.29, 0.717) is 26.1 Å². The third-order valence-corrected chi connectivity index (χ3v) is 2.87. The molecule has 3 amide bonds. The average Bonchev–Trinajstić information content (AvgIpc) is 2.28. The minimum atomic E-state index is -0.158. The molecule has 2 N–H and O–H groups in total. The molecule has 0 spiro atoms. The van der Waals surface area contributed by atoms with Crippen molar-refractivity contribution >= 4 is 11.9 Å². The normalized spacial score (nSPS) is 16.6. The van der Waals surface area contributed by atoms with Crippen LogP contribution in [-0.2, 0) is 4.79 Å². The second kappa shape index (κ2) is 6.61. The molecule has 0 saturated carbocycles. The van der Waals surface area contributed by atoms with Crippen molar-refractivity contribution in [2.24, 2.45) is 5.41 Å². The molecule has 0 aliphatic carbocycles. The smallest absolute Gasteiger partial charge is 0.314 e. The first-order valence-electron chi connectivity index (χ1n) is 6.68. The Hall–Kier alpha value is -1.26. The number of rotatable bonds is 4. The van der Waals surface area contributed by atoms with Crippen LogP contribution in [-0.4, -0.2) is 43.0 Å². The van der Waals surface area contributed by atoms with Crippen molar-refractivity contribution in [1.29, 1.82) is 0 Å². The van der Waals surface area contributed by atoms with Crippen LogP contribution in [0.4, 0.5) is 4.79 Å². The number of hydrogen-bond donors (Lipinski definition) is 2. The average molecular weight is 255 g/mol. The predicted octanol–water partition coefficient (Wildman–Crippen LogP) is 1.34. The van der Waals surface area contributed by atoms with Crippen LogP contribution in [0.3, 0.4) is 0 Å². The molecular weight excluding hydrogens is 230 g/mol. The van der Waals surface area contributed by atoms with E-state index in [9.17, 15) is 9.59 Å². The summed E-state index contributed by atoms with van der Waals surface area (Å²) in [7, 11) is 0. The van der Waals surface area contributed by atoms with E-state index < -0.39 is 0 Å². The fraction of sp³-hybridized carbons (Fsp3) is 0.846. The summed E-state index contributed by atoms with van der Waals surface area (Å²) in [6.07, 6.45) is 2.72. The van der Waals surface area contributed by atoms with Crippen molar-refractivity contribution in [3.8, 4) is 0 Å². The van der Waals surface area contributed by atoms with Crippen molar-refractivity contribution in [3.05, 3.63) is 0 Å². The van der Waals surface area contributed by atoms with Crippen LogP contribution >= 0.6 is 0 Å². The van der Waals surface area contributed by atoms with Crippen LogP contribution in [0.1, 0.15) is 40.0 Å². The molecule has 1 aliphatic heterocycles. The van der Waals surface area contributed by atoms with Gasteiger partial charge < -0.3 is 15.5 Å². The zero-order chi connectivity index (χ0) is 13.6.